The summed E-state index contributed by atoms with van der Waals surface area (Å²) in [6.07, 6.45) is -1.33. The van der Waals surface area contributed by atoms with E-state index in [2.05, 4.69) is 4.74 Å². The van der Waals surface area contributed by atoms with Gasteiger partial charge < -0.3 is 14.2 Å². The number of alkyl halides is 4. The minimum Gasteiger partial charge on any atom is -0.460 e. The fourth-order valence-corrected chi connectivity index (χ4v) is 1.41. The molecule has 1 aliphatic heterocycles. The summed E-state index contributed by atoms with van der Waals surface area (Å²) in [4.78, 5) is 22.1. The summed E-state index contributed by atoms with van der Waals surface area (Å²) in [5.41, 5.74) is 0. The molecule has 0 aromatic carbocycles. The molecule has 120 valence electrons. The highest BCUT2D eigenvalue weighted by Crippen LogP contribution is 2.22. The zero-order valence-electron chi connectivity index (χ0n) is 10.9. The van der Waals surface area contributed by atoms with Crippen LogP contribution in [-0.2, 0) is 23.8 Å². The summed E-state index contributed by atoms with van der Waals surface area (Å²) < 4.78 is 62.3. The number of halogens is 4. The molecule has 1 saturated heterocycles. The number of ether oxygens (including phenoxy) is 3. The van der Waals surface area contributed by atoms with Crippen molar-refractivity contribution in [2.75, 3.05) is 19.8 Å². The lowest BCUT2D eigenvalue weighted by Gasteiger charge is -2.14. The predicted molar refractivity (Wildman–Crippen MR) is 61.0 cm³/mol. The second kappa shape index (κ2) is 7.96. The normalized spacial score (nSPS) is 19.2. The Labute approximate surface area is 117 Å². The van der Waals surface area contributed by atoms with Crippen LogP contribution in [0.15, 0.2) is 12.2 Å². The molecule has 1 aliphatic rings. The van der Waals surface area contributed by atoms with Crippen molar-refractivity contribution >= 4 is 11.9 Å². The van der Waals surface area contributed by atoms with Gasteiger partial charge in [-0.05, 0) is 12.8 Å². The molecule has 0 spiro atoms. The van der Waals surface area contributed by atoms with Gasteiger partial charge in [0.05, 0.1) is 6.10 Å². The molecule has 9 heteroatoms. The molecule has 0 saturated carbocycles. The van der Waals surface area contributed by atoms with Gasteiger partial charge in [-0.25, -0.2) is 18.4 Å². The molecule has 0 radical (unpaired) electrons. The Hall–Kier alpha value is -1.64. The van der Waals surface area contributed by atoms with Crippen molar-refractivity contribution in [1.82, 2.24) is 0 Å². The molecule has 1 fully saturated rings. The molecule has 0 N–H and O–H groups in total. The van der Waals surface area contributed by atoms with Gasteiger partial charge in [-0.3, -0.25) is 0 Å². The van der Waals surface area contributed by atoms with Gasteiger partial charge in [-0.1, -0.05) is 0 Å². The molecule has 21 heavy (non-hydrogen) atoms. The summed E-state index contributed by atoms with van der Waals surface area (Å²) >= 11 is 0. The van der Waals surface area contributed by atoms with Crippen LogP contribution in [0.1, 0.15) is 12.8 Å². The SMILES string of the molecule is O=C(C=CC(=O)OCC(F)(F)C(F)F)OCC1CCCO1. The van der Waals surface area contributed by atoms with E-state index < -0.39 is 30.9 Å². The number of hydrogen-bond donors (Lipinski definition) is 0. The van der Waals surface area contributed by atoms with E-state index >= 15 is 0 Å². The smallest absolute Gasteiger partial charge is 0.340 e. The predicted octanol–water partition coefficient (Wildman–Crippen LogP) is 1.71. The number of carbonyl (C=O) groups excluding carboxylic acids is 2. The van der Waals surface area contributed by atoms with Gasteiger partial charge in [-0.15, -0.1) is 0 Å². The highest BCUT2D eigenvalue weighted by molar-refractivity contribution is 5.91. The third-order valence-electron chi connectivity index (χ3n) is 2.52. The topological polar surface area (TPSA) is 61.8 Å². The summed E-state index contributed by atoms with van der Waals surface area (Å²) in [5, 5.41) is 0. The first-order chi connectivity index (χ1) is 9.81. The number of esters is 2. The van der Waals surface area contributed by atoms with Gasteiger partial charge in [0.2, 0.25) is 0 Å². The van der Waals surface area contributed by atoms with Crippen LogP contribution in [-0.4, -0.2) is 50.2 Å². The van der Waals surface area contributed by atoms with Gasteiger partial charge in [0.1, 0.15) is 6.61 Å². The second-order valence-electron chi connectivity index (χ2n) is 4.27. The number of carbonyl (C=O) groups is 2. The van der Waals surface area contributed by atoms with E-state index in [1.54, 1.807) is 0 Å². The van der Waals surface area contributed by atoms with Gasteiger partial charge in [0.25, 0.3) is 0 Å². The molecule has 1 unspecified atom stereocenters. The zero-order valence-corrected chi connectivity index (χ0v) is 10.9. The van der Waals surface area contributed by atoms with Gasteiger partial charge in [-0.2, -0.15) is 8.78 Å². The molecule has 0 aromatic heterocycles. The van der Waals surface area contributed by atoms with Crippen molar-refractivity contribution in [1.29, 1.82) is 0 Å². The first-order valence-electron chi connectivity index (χ1n) is 6.10. The summed E-state index contributed by atoms with van der Waals surface area (Å²) in [5.74, 6) is -6.66. The summed E-state index contributed by atoms with van der Waals surface area (Å²) in [6.45, 7) is -1.16. The van der Waals surface area contributed by atoms with Crippen molar-refractivity contribution in [2.45, 2.75) is 31.3 Å². The van der Waals surface area contributed by atoms with Crippen LogP contribution >= 0.6 is 0 Å². The maximum Gasteiger partial charge on any atom is 0.340 e. The Morgan fingerprint density at radius 3 is 2.38 bits per heavy atom. The largest absolute Gasteiger partial charge is 0.460 e. The Morgan fingerprint density at radius 2 is 1.86 bits per heavy atom. The van der Waals surface area contributed by atoms with Crippen molar-refractivity contribution in [3.63, 3.8) is 0 Å². The minimum atomic E-state index is -4.43. The van der Waals surface area contributed by atoms with Gasteiger partial charge >= 0.3 is 24.3 Å². The lowest BCUT2D eigenvalue weighted by Crippen LogP contribution is -2.33. The van der Waals surface area contributed by atoms with E-state index in [0.717, 1.165) is 12.8 Å². The molecule has 0 aromatic rings. The molecule has 1 rings (SSSR count). The maximum absolute atomic E-state index is 12.4. The van der Waals surface area contributed by atoms with Gasteiger partial charge in [0, 0.05) is 18.8 Å². The number of hydrogen-bond acceptors (Lipinski definition) is 5. The third-order valence-corrected chi connectivity index (χ3v) is 2.52. The zero-order chi connectivity index (χ0) is 15.9. The molecule has 0 amide bonds. The lowest BCUT2D eigenvalue weighted by atomic mass is 10.2. The maximum atomic E-state index is 12.4. The molecule has 5 nitrogen and oxygen atoms in total. The van der Waals surface area contributed by atoms with E-state index in [9.17, 15) is 27.2 Å². The third kappa shape index (κ3) is 6.56. The molecule has 1 heterocycles. The minimum absolute atomic E-state index is 0.0156. The fraction of sp³-hybridized carbons (Fsp3) is 0.667. The Morgan fingerprint density at radius 1 is 1.24 bits per heavy atom. The molecular weight excluding hydrogens is 300 g/mol. The van der Waals surface area contributed by atoms with E-state index in [1.165, 1.54) is 0 Å². The first-order valence-corrected chi connectivity index (χ1v) is 6.10. The highest BCUT2D eigenvalue weighted by Gasteiger charge is 2.42. The quantitative estimate of drug-likeness (QED) is 0.407. The monoisotopic (exact) mass is 314 g/mol. The Balaban J connectivity index is 2.24. The van der Waals surface area contributed by atoms with E-state index in [1.807, 2.05) is 0 Å². The van der Waals surface area contributed by atoms with E-state index in [4.69, 9.17) is 9.47 Å². The van der Waals surface area contributed by atoms with Crippen LogP contribution < -0.4 is 0 Å². The standard InChI is InChI=1S/C12H14F4O5/c13-11(14)12(15,16)7-21-10(18)4-3-9(17)20-6-8-2-1-5-19-8/h3-4,8,11H,1-2,5-7H2. The first kappa shape index (κ1) is 17.4. The van der Waals surface area contributed by atoms with Crippen LogP contribution in [0.25, 0.3) is 0 Å². The van der Waals surface area contributed by atoms with E-state index in [-0.39, 0.29) is 12.7 Å². The highest BCUT2D eigenvalue weighted by atomic mass is 19.3. The van der Waals surface area contributed by atoms with Crippen molar-refractivity contribution < 1.29 is 41.4 Å². The van der Waals surface area contributed by atoms with Crippen LogP contribution in [0.2, 0.25) is 0 Å². The van der Waals surface area contributed by atoms with Gasteiger partial charge in [0.15, 0.2) is 6.61 Å². The number of rotatable bonds is 7. The molecule has 1 atom stereocenters. The van der Waals surface area contributed by atoms with Crippen LogP contribution in [0.3, 0.4) is 0 Å². The van der Waals surface area contributed by atoms with Crippen LogP contribution in [0, 0.1) is 0 Å². The van der Waals surface area contributed by atoms with Crippen molar-refractivity contribution in [3.05, 3.63) is 12.2 Å². The molecular formula is C12H14F4O5. The summed E-state index contributed by atoms with van der Waals surface area (Å²) in [7, 11) is 0. The van der Waals surface area contributed by atoms with Crippen LogP contribution in [0.5, 0.6) is 0 Å². The van der Waals surface area contributed by atoms with Crippen LogP contribution in [0.4, 0.5) is 17.6 Å². The second-order valence-corrected chi connectivity index (χ2v) is 4.27. The van der Waals surface area contributed by atoms with Crippen molar-refractivity contribution in [2.24, 2.45) is 0 Å². The average Bonchev–Trinajstić information content (AvgIpc) is 2.93. The fourth-order valence-electron chi connectivity index (χ4n) is 1.41. The Bertz CT molecular complexity index is 391. The lowest BCUT2D eigenvalue weighted by molar-refractivity contribution is -0.176. The molecule has 0 aliphatic carbocycles. The Kier molecular flexibility index (Phi) is 6.60. The summed E-state index contributed by atoms with van der Waals surface area (Å²) in [6, 6.07) is 0. The van der Waals surface area contributed by atoms with E-state index in [0.29, 0.717) is 18.8 Å². The average molecular weight is 314 g/mol. The molecule has 0 bridgehead atoms. The van der Waals surface area contributed by atoms with Crippen molar-refractivity contribution in [3.8, 4) is 0 Å².